The molecular formula is C25H29N5O2. The van der Waals surface area contributed by atoms with Crippen LogP contribution in [0.5, 0.6) is 5.75 Å². The highest BCUT2D eigenvalue weighted by Gasteiger charge is 2.56. The van der Waals surface area contributed by atoms with Crippen molar-refractivity contribution < 1.29 is 9.53 Å². The highest BCUT2D eigenvalue weighted by Crippen LogP contribution is 2.44. The average molecular weight is 432 g/mol. The van der Waals surface area contributed by atoms with Crippen LogP contribution in [-0.2, 0) is 12.0 Å². The first kappa shape index (κ1) is 20.7. The molecule has 2 saturated heterocycles. The van der Waals surface area contributed by atoms with Gasteiger partial charge in [0.2, 0.25) is 0 Å². The van der Waals surface area contributed by atoms with Crippen molar-refractivity contribution in [3.63, 3.8) is 0 Å². The zero-order valence-corrected chi connectivity index (χ0v) is 18.8. The monoisotopic (exact) mass is 431 g/mol. The van der Waals surface area contributed by atoms with Crippen LogP contribution >= 0.6 is 0 Å². The number of benzene rings is 2. The predicted octanol–water partition coefficient (Wildman–Crippen LogP) is 2.96. The van der Waals surface area contributed by atoms with Gasteiger partial charge in [-0.3, -0.25) is 14.8 Å². The SMILES string of the molecule is COc1ccc(CN2C[C@@H]3CN(C(=O)c4ccccc4)C[C@]3(c3n[nH]c(C)n3)C2)cc1C. The van der Waals surface area contributed by atoms with Gasteiger partial charge in [0.25, 0.3) is 5.91 Å². The van der Waals surface area contributed by atoms with E-state index in [9.17, 15) is 4.79 Å². The minimum Gasteiger partial charge on any atom is -0.496 e. The first-order chi connectivity index (χ1) is 15.5. The summed E-state index contributed by atoms with van der Waals surface area (Å²) >= 11 is 0. The molecular weight excluding hydrogens is 402 g/mol. The number of carbonyl (C=O) groups excluding carboxylic acids is 1. The Morgan fingerprint density at radius 3 is 2.66 bits per heavy atom. The van der Waals surface area contributed by atoms with Crippen molar-refractivity contribution in [1.82, 2.24) is 25.0 Å². The molecule has 166 valence electrons. The first-order valence-electron chi connectivity index (χ1n) is 11.1. The number of hydrogen-bond acceptors (Lipinski definition) is 5. The van der Waals surface area contributed by atoms with Gasteiger partial charge in [0.1, 0.15) is 11.6 Å². The second kappa shape index (κ2) is 8.06. The molecule has 1 amide bonds. The summed E-state index contributed by atoms with van der Waals surface area (Å²) < 4.78 is 5.41. The zero-order valence-electron chi connectivity index (χ0n) is 18.8. The number of rotatable bonds is 5. The van der Waals surface area contributed by atoms with Crippen LogP contribution < -0.4 is 4.74 Å². The second-order valence-corrected chi connectivity index (χ2v) is 9.12. The van der Waals surface area contributed by atoms with E-state index in [0.717, 1.165) is 54.7 Å². The molecule has 32 heavy (non-hydrogen) atoms. The Hall–Kier alpha value is -3.19. The number of nitrogens with zero attached hydrogens (tertiary/aromatic N) is 4. The van der Waals surface area contributed by atoms with E-state index < -0.39 is 0 Å². The topological polar surface area (TPSA) is 74.3 Å². The van der Waals surface area contributed by atoms with E-state index in [2.05, 4.69) is 34.2 Å². The van der Waals surface area contributed by atoms with Crippen LogP contribution in [0.15, 0.2) is 48.5 Å². The molecule has 3 heterocycles. The Kier molecular flexibility index (Phi) is 5.21. The third-order valence-corrected chi connectivity index (χ3v) is 6.90. The molecule has 0 bridgehead atoms. The standard InChI is InChI=1S/C25H29N5O2/c1-17-11-19(9-10-22(17)32-3)12-29-13-21-14-30(23(31)20-7-5-4-6-8-20)16-25(21,15-29)24-26-18(2)27-28-24/h4-11,21H,12-16H2,1-3H3,(H,26,27,28)/t21-,25-/m1/s1. The van der Waals surface area contributed by atoms with Gasteiger partial charge in [-0.1, -0.05) is 30.3 Å². The van der Waals surface area contributed by atoms with Crippen LogP contribution in [0, 0.1) is 19.8 Å². The fourth-order valence-corrected chi connectivity index (χ4v) is 5.39. The van der Waals surface area contributed by atoms with E-state index in [-0.39, 0.29) is 11.3 Å². The summed E-state index contributed by atoms with van der Waals surface area (Å²) in [5.74, 6) is 2.94. The molecule has 0 aliphatic carbocycles. The van der Waals surface area contributed by atoms with E-state index in [0.29, 0.717) is 12.5 Å². The lowest BCUT2D eigenvalue weighted by Crippen LogP contribution is -2.40. The number of amides is 1. The van der Waals surface area contributed by atoms with Gasteiger partial charge in [-0.25, -0.2) is 4.98 Å². The Bertz CT molecular complexity index is 1130. The molecule has 2 aliphatic heterocycles. The molecule has 0 saturated carbocycles. The number of hydrogen-bond donors (Lipinski definition) is 1. The van der Waals surface area contributed by atoms with E-state index in [4.69, 9.17) is 9.72 Å². The van der Waals surface area contributed by atoms with Gasteiger partial charge < -0.3 is 9.64 Å². The predicted molar refractivity (Wildman–Crippen MR) is 122 cm³/mol. The fourth-order valence-electron chi connectivity index (χ4n) is 5.39. The summed E-state index contributed by atoms with van der Waals surface area (Å²) in [5.41, 5.74) is 2.89. The van der Waals surface area contributed by atoms with E-state index in [1.54, 1.807) is 7.11 Å². The molecule has 1 N–H and O–H groups in total. The second-order valence-electron chi connectivity index (χ2n) is 9.12. The molecule has 2 aliphatic rings. The molecule has 5 rings (SSSR count). The van der Waals surface area contributed by atoms with Crippen molar-refractivity contribution in [2.24, 2.45) is 5.92 Å². The van der Waals surface area contributed by atoms with Crippen LogP contribution in [0.2, 0.25) is 0 Å². The number of nitrogens with one attached hydrogen (secondary N) is 1. The summed E-state index contributed by atoms with van der Waals surface area (Å²) in [5, 5.41) is 7.58. The first-order valence-corrected chi connectivity index (χ1v) is 11.1. The summed E-state index contributed by atoms with van der Waals surface area (Å²) in [6, 6.07) is 15.9. The van der Waals surface area contributed by atoms with Crippen molar-refractivity contribution in [1.29, 1.82) is 0 Å². The zero-order chi connectivity index (χ0) is 22.3. The quantitative estimate of drug-likeness (QED) is 0.672. The van der Waals surface area contributed by atoms with Crippen LogP contribution in [0.1, 0.15) is 33.1 Å². The Balaban J connectivity index is 1.39. The number of likely N-dealkylation sites (tertiary alicyclic amines) is 2. The van der Waals surface area contributed by atoms with Crippen molar-refractivity contribution >= 4 is 5.91 Å². The Morgan fingerprint density at radius 2 is 1.97 bits per heavy atom. The molecule has 7 nitrogen and oxygen atoms in total. The van der Waals surface area contributed by atoms with Gasteiger partial charge in [0, 0.05) is 44.2 Å². The van der Waals surface area contributed by atoms with Crippen LogP contribution in [-0.4, -0.2) is 64.2 Å². The summed E-state index contributed by atoms with van der Waals surface area (Å²) in [6.45, 7) is 7.97. The van der Waals surface area contributed by atoms with Gasteiger partial charge in [-0.2, -0.15) is 5.10 Å². The van der Waals surface area contributed by atoms with E-state index in [1.165, 1.54) is 5.56 Å². The van der Waals surface area contributed by atoms with Gasteiger partial charge in [-0.05, 0) is 43.2 Å². The maximum atomic E-state index is 13.2. The number of H-pyrrole nitrogens is 1. The maximum absolute atomic E-state index is 13.2. The third-order valence-electron chi connectivity index (χ3n) is 6.90. The summed E-state index contributed by atoms with van der Waals surface area (Å²) in [4.78, 5) is 22.4. The number of fused-ring (bicyclic) bond motifs is 1. The number of aryl methyl sites for hydroxylation is 2. The minimum atomic E-state index is -0.253. The lowest BCUT2D eigenvalue weighted by atomic mass is 9.80. The number of carbonyl (C=O) groups is 1. The van der Waals surface area contributed by atoms with Crippen LogP contribution in [0.4, 0.5) is 0 Å². The molecule has 0 radical (unpaired) electrons. The largest absolute Gasteiger partial charge is 0.496 e. The highest BCUT2D eigenvalue weighted by molar-refractivity contribution is 5.94. The van der Waals surface area contributed by atoms with Gasteiger partial charge in [0.15, 0.2) is 5.82 Å². The molecule has 3 aromatic rings. The molecule has 1 aromatic heterocycles. The summed E-state index contributed by atoms with van der Waals surface area (Å²) in [7, 11) is 1.70. The number of aromatic amines is 1. The Morgan fingerprint density at radius 1 is 1.16 bits per heavy atom. The maximum Gasteiger partial charge on any atom is 0.253 e. The fraction of sp³-hybridized carbons (Fsp3) is 0.400. The summed E-state index contributed by atoms with van der Waals surface area (Å²) in [6.07, 6.45) is 0. The van der Waals surface area contributed by atoms with Crippen molar-refractivity contribution in [3.8, 4) is 5.75 Å². The highest BCUT2D eigenvalue weighted by atomic mass is 16.5. The van der Waals surface area contributed by atoms with Crippen molar-refractivity contribution in [3.05, 3.63) is 76.9 Å². The number of ether oxygens (including phenoxy) is 1. The average Bonchev–Trinajstić information content (AvgIpc) is 3.47. The van der Waals surface area contributed by atoms with E-state index >= 15 is 0 Å². The smallest absolute Gasteiger partial charge is 0.253 e. The number of methoxy groups -OCH3 is 1. The third kappa shape index (κ3) is 3.56. The lowest BCUT2D eigenvalue weighted by molar-refractivity contribution is 0.0769. The van der Waals surface area contributed by atoms with Gasteiger partial charge in [0.05, 0.1) is 12.5 Å². The van der Waals surface area contributed by atoms with E-state index in [1.807, 2.05) is 48.2 Å². The molecule has 0 spiro atoms. The van der Waals surface area contributed by atoms with Crippen LogP contribution in [0.3, 0.4) is 0 Å². The lowest BCUT2D eigenvalue weighted by Gasteiger charge is -2.27. The van der Waals surface area contributed by atoms with Crippen LogP contribution in [0.25, 0.3) is 0 Å². The molecule has 2 atom stereocenters. The normalized spacial score (nSPS) is 22.8. The molecule has 2 aromatic carbocycles. The van der Waals surface area contributed by atoms with Gasteiger partial charge in [-0.15, -0.1) is 0 Å². The molecule has 7 heteroatoms. The van der Waals surface area contributed by atoms with Crippen molar-refractivity contribution in [2.75, 3.05) is 33.3 Å². The van der Waals surface area contributed by atoms with Crippen molar-refractivity contribution in [2.45, 2.75) is 25.8 Å². The number of aromatic nitrogens is 3. The molecule has 2 fully saturated rings. The molecule has 0 unspecified atom stereocenters. The minimum absolute atomic E-state index is 0.0870. The Labute approximate surface area is 188 Å². The van der Waals surface area contributed by atoms with Gasteiger partial charge >= 0.3 is 0 Å².